The number of rotatable bonds is 5. The minimum absolute atomic E-state index is 0.286. The molecule has 3 rings (SSSR count). The van der Waals surface area contributed by atoms with E-state index < -0.39 is 0 Å². The van der Waals surface area contributed by atoms with Crippen LogP contribution in [0.3, 0.4) is 0 Å². The van der Waals surface area contributed by atoms with E-state index in [1.165, 1.54) is 32.1 Å². The van der Waals surface area contributed by atoms with Crippen molar-refractivity contribution in [2.75, 3.05) is 23.8 Å². The van der Waals surface area contributed by atoms with Crippen molar-refractivity contribution in [2.24, 2.45) is 0 Å². The summed E-state index contributed by atoms with van der Waals surface area (Å²) in [6, 6.07) is 0.534. The summed E-state index contributed by atoms with van der Waals surface area (Å²) in [6.07, 6.45) is 10.7. The molecule has 1 aliphatic carbocycles. The highest BCUT2D eigenvalue weighted by Gasteiger charge is 2.16. The summed E-state index contributed by atoms with van der Waals surface area (Å²) >= 11 is 0. The third-order valence-corrected chi connectivity index (χ3v) is 4.03. The van der Waals surface area contributed by atoms with E-state index in [2.05, 4.69) is 25.8 Å². The molecule has 0 bridgehead atoms. The number of ether oxygens (including phenoxy) is 1. The Hall–Kier alpha value is -1.43. The van der Waals surface area contributed by atoms with Gasteiger partial charge in [0.2, 0.25) is 5.95 Å². The zero-order valence-electron chi connectivity index (χ0n) is 11.8. The zero-order chi connectivity index (χ0) is 13.6. The number of hydrogen-bond donors (Lipinski definition) is 2. The minimum atomic E-state index is 0.286. The lowest BCUT2D eigenvalue weighted by molar-refractivity contribution is 0.120. The Morgan fingerprint density at radius 1 is 1.15 bits per heavy atom. The predicted molar refractivity (Wildman–Crippen MR) is 77.8 cm³/mol. The van der Waals surface area contributed by atoms with Gasteiger partial charge in [-0.1, -0.05) is 19.3 Å². The smallest absolute Gasteiger partial charge is 0.244 e. The van der Waals surface area contributed by atoms with E-state index in [0.717, 1.165) is 31.8 Å². The summed E-state index contributed by atoms with van der Waals surface area (Å²) in [4.78, 5) is 4.48. The molecule has 0 aromatic carbocycles. The van der Waals surface area contributed by atoms with Crippen LogP contribution in [0, 0.1) is 0 Å². The van der Waals surface area contributed by atoms with Gasteiger partial charge in [-0.05, 0) is 25.7 Å². The van der Waals surface area contributed by atoms with Gasteiger partial charge < -0.3 is 15.4 Å². The summed E-state index contributed by atoms with van der Waals surface area (Å²) in [6.45, 7) is 1.63. The van der Waals surface area contributed by atoms with E-state index in [4.69, 9.17) is 4.74 Å². The van der Waals surface area contributed by atoms with Crippen molar-refractivity contribution >= 4 is 11.8 Å². The van der Waals surface area contributed by atoms with Crippen LogP contribution in [-0.4, -0.2) is 40.5 Å². The van der Waals surface area contributed by atoms with Crippen molar-refractivity contribution in [3.63, 3.8) is 0 Å². The first-order chi connectivity index (χ1) is 9.90. The van der Waals surface area contributed by atoms with Crippen LogP contribution in [0.4, 0.5) is 11.8 Å². The van der Waals surface area contributed by atoms with Crippen molar-refractivity contribution < 1.29 is 4.74 Å². The van der Waals surface area contributed by atoms with Gasteiger partial charge in [0.15, 0.2) is 5.82 Å². The van der Waals surface area contributed by atoms with E-state index in [9.17, 15) is 0 Å². The van der Waals surface area contributed by atoms with Crippen LogP contribution in [0.5, 0.6) is 0 Å². The number of hydrogen-bond acceptors (Lipinski definition) is 6. The van der Waals surface area contributed by atoms with Gasteiger partial charge in [-0.15, -0.1) is 5.10 Å². The molecule has 0 amide bonds. The van der Waals surface area contributed by atoms with Gasteiger partial charge in [0, 0.05) is 19.2 Å². The second kappa shape index (κ2) is 6.83. The van der Waals surface area contributed by atoms with Crippen LogP contribution >= 0.6 is 0 Å². The minimum Gasteiger partial charge on any atom is -0.376 e. The molecule has 1 saturated carbocycles. The van der Waals surface area contributed by atoms with Crippen molar-refractivity contribution in [3.05, 3.63) is 6.20 Å². The van der Waals surface area contributed by atoms with Crippen molar-refractivity contribution in [1.82, 2.24) is 15.2 Å². The Bertz CT molecular complexity index is 416. The average Bonchev–Trinajstić information content (AvgIpc) is 3.00. The lowest BCUT2D eigenvalue weighted by Gasteiger charge is -2.23. The van der Waals surface area contributed by atoms with E-state index in [0.29, 0.717) is 12.0 Å². The maximum atomic E-state index is 5.57. The van der Waals surface area contributed by atoms with E-state index in [1.54, 1.807) is 6.20 Å². The normalized spacial score (nSPS) is 23.7. The zero-order valence-corrected chi connectivity index (χ0v) is 11.8. The molecular weight excluding hydrogens is 254 g/mol. The van der Waals surface area contributed by atoms with Gasteiger partial charge >= 0.3 is 0 Å². The van der Waals surface area contributed by atoms with Gasteiger partial charge in [0.05, 0.1) is 12.3 Å². The maximum Gasteiger partial charge on any atom is 0.244 e. The SMILES string of the molecule is c1nnc(NCC2CCCO2)nc1NC1CCCCC1. The largest absolute Gasteiger partial charge is 0.376 e. The molecule has 0 radical (unpaired) electrons. The van der Waals surface area contributed by atoms with E-state index >= 15 is 0 Å². The molecule has 1 aromatic heterocycles. The Labute approximate surface area is 119 Å². The highest BCUT2D eigenvalue weighted by molar-refractivity contribution is 5.38. The molecule has 6 heteroatoms. The van der Waals surface area contributed by atoms with E-state index in [1.807, 2.05) is 0 Å². The molecule has 1 atom stereocenters. The monoisotopic (exact) mass is 277 g/mol. The second-order valence-corrected chi connectivity index (χ2v) is 5.66. The molecule has 1 unspecified atom stereocenters. The lowest BCUT2D eigenvalue weighted by atomic mass is 9.96. The van der Waals surface area contributed by atoms with Crippen LogP contribution in [0.1, 0.15) is 44.9 Å². The predicted octanol–water partition coefficient (Wildman–Crippen LogP) is 2.21. The highest BCUT2D eigenvalue weighted by atomic mass is 16.5. The van der Waals surface area contributed by atoms with Crippen LogP contribution in [0.2, 0.25) is 0 Å². The Balaban J connectivity index is 1.51. The highest BCUT2D eigenvalue weighted by Crippen LogP contribution is 2.20. The van der Waals surface area contributed by atoms with Gasteiger partial charge in [-0.3, -0.25) is 0 Å². The molecule has 110 valence electrons. The lowest BCUT2D eigenvalue weighted by Crippen LogP contribution is -2.24. The first kappa shape index (κ1) is 13.5. The van der Waals surface area contributed by atoms with Gasteiger partial charge in [-0.25, -0.2) is 0 Å². The fraction of sp³-hybridized carbons (Fsp3) is 0.786. The molecule has 1 aromatic rings. The first-order valence-corrected chi connectivity index (χ1v) is 7.72. The molecule has 20 heavy (non-hydrogen) atoms. The van der Waals surface area contributed by atoms with Crippen LogP contribution < -0.4 is 10.6 Å². The molecule has 2 fully saturated rings. The molecule has 2 aliphatic rings. The molecule has 0 spiro atoms. The summed E-state index contributed by atoms with van der Waals surface area (Å²) in [5, 5.41) is 14.7. The fourth-order valence-electron chi connectivity index (χ4n) is 2.91. The average molecular weight is 277 g/mol. The summed E-state index contributed by atoms with van der Waals surface area (Å²) in [7, 11) is 0. The van der Waals surface area contributed by atoms with Crippen LogP contribution in [0.25, 0.3) is 0 Å². The standard InChI is InChI=1S/C14H23N5O/c1-2-5-11(6-3-1)17-13-10-16-19-14(18-13)15-9-12-7-4-8-20-12/h10-12H,1-9H2,(H2,15,17,18,19). The Kier molecular flexibility index (Phi) is 4.63. The molecule has 1 saturated heterocycles. The van der Waals surface area contributed by atoms with Crippen molar-refractivity contribution in [1.29, 1.82) is 0 Å². The number of nitrogens with one attached hydrogen (secondary N) is 2. The summed E-state index contributed by atoms with van der Waals surface area (Å²) in [5.41, 5.74) is 0. The van der Waals surface area contributed by atoms with Gasteiger partial charge in [-0.2, -0.15) is 10.1 Å². The topological polar surface area (TPSA) is 72.0 Å². The van der Waals surface area contributed by atoms with Crippen molar-refractivity contribution in [3.8, 4) is 0 Å². The Morgan fingerprint density at radius 2 is 2.05 bits per heavy atom. The second-order valence-electron chi connectivity index (χ2n) is 5.66. The third-order valence-electron chi connectivity index (χ3n) is 4.03. The van der Waals surface area contributed by atoms with E-state index in [-0.39, 0.29) is 6.10 Å². The Morgan fingerprint density at radius 3 is 2.85 bits per heavy atom. The molecule has 1 aliphatic heterocycles. The molecular formula is C14H23N5O. The number of aromatic nitrogens is 3. The molecule has 2 N–H and O–H groups in total. The fourth-order valence-corrected chi connectivity index (χ4v) is 2.91. The van der Waals surface area contributed by atoms with Crippen molar-refractivity contribution in [2.45, 2.75) is 57.1 Å². The maximum absolute atomic E-state index is 5.57. The summed E-state index contributed by atoms with van der Waals surface area (Å²) in [5.74, 6) is 1.41. The first-order valence-electron chi connectivity index (χ1n) is 7.72. The van der Waals surface area contributed by atoms with Gasteiger partial charge in [0.1, 0.15) is 0 Å². The third kappa shape index (κ3) is 3.79. The number of anilines is 2. The van der Waals surface area contributed by atoms with Crippen LogP contribution in [-0.2, 0) is 4.74 Å². The number of nitrogens with zero attached hydrogens (tertiary/aromatic N) is 3. The summed E-state index contributed by atoms with van der Waals surface area (Å²) < 4.78 is 5.57. The quantitative estimate of drug-likeness (QED) is 0.859. The molecule has 2 heterocycles. The van der Waals surface area contributed by atoms with Gasteiger partial charge in [0.25, 0.3) is 0 Å². The molecule has 6 nitrogen and oxygen atoms in total. The van der Waals surface area contributed by atoms with Crippen LogP contribution in [0.15, 0.2) is 6.20 Å².